The summed E-state index contributed by atoms with van der Waals surface area (Å²) in [5.41, 5.74) is 1.13. The third-order valence-corrected chi connectivity index (χ3v) is 3.47. The van der Waals surface area contributed by atoms with Gasteiger partial charge in [0, 0.05) is 21.2 Å². The lowest BCUT2D eigenvalue weighted by Crippen LogP contribution is -2.35. The number of benzene rings is 2. The number of carbonyl (C=O) groups excluding carboxylic acids is 2. The number of esters is 1. The second kappa shape index (κ2) is 10.3. The Kier molecular flexibility index (Phi) is 8.43. The smallest absolute Gasteiger partial charge is 0.338 e. The quantitative estimate of drug-likeness (QED) is 0.459. The maximum Gasteiger partial charge on any atom is 0.338 e. The Morgan fingerprint density at radius 1 is 1.03 bits per heavy atom. The third-order valence-electron chi connectivity index (χ3n) is 3.47. The van der Waals surface area contributed by atoms with Crippen LogP contribution >= 0.6 is 0 Å². The highest BCUT2D eigenvalue weighted by Gasteiger charge is 2.37. The molecule has 0 saturated heterocycles. The molecule has 0 spiro atoms. The Labute approximate surface area is 167 Å². The van der Waals surface area contributed by atoms with Crippen molar-refractivity contribution in [2.75, 3.05) is 17.2 Å². The minimum Gasteiger partial charge on any atom is -0.462 e. The van der Waals surface area contributed by atoms with Gasteiger partial charge >= 0.3 is 24.3 Å². The number of halogens is 4. The summed E-state index contributed by atoms with van der Waals surface area (Å²) in [6.45, 7) is 2.59. The van der Waals surface area contributed by atoms with E-state index in [-0.39, 0.29) is 19.9 Å². The number of hydrogen-bond donors (Lipinski definition) is 2. The molecule has 2 amide bonds. The van der Waals surface area contributed by atoms with Crippen LogP contribution in [0.25, 0.3) is 0 Å². The van der Waals surface area contributed by atoms with Crippen molar-refractivity contribution in [3.8, 4) is 5.75 Å². The molecule has 0 saturated carbocycles. The van der Waals surface area contributed by atoms with Crippen LogP contribution in [0.5, 0.6) is 5.75 Å². The highest BCUT2D eigenvalue weighted by molar-refractivity contribution is 6.00. The average molecular weight is 420 g/mol. The molecule has 10 heteroatoms. The Hall–Kier alpha value is -3.30. The van der Waals surface area contributed by atoms with Crippen molar-refractivity contribution in [1.29, 1.82) is 0 Å². The van der Waals surface area contributed by atoms with Gasteiger partial charge in [0.05, 0.1) is 12.2 Å². The molecule has 2 rings (SSSR count). The lowest BCUT2D eigenvalue weighted by atomic mass is 10.2. The number of nitrogens with one attached hydrogen (secondary N) is 2. The number of carbonyl (C=O) groups is 2. The number of anilines is 2. The van der Waals surface area contributed by atoms with Crippen molar-refractivity contribution >= 4 is 23.4 Å². The van der Waals surface area contributed by atoms with Crippen LogP contribution in [0.1, 0.15) is 27.1 Å². The van der Waals surface area contributed by atoms with E-state index in [1.165, 1.54) is 48.5 Å². The van der Waals surface area contributed by atoms with Gasteiger partial charge in [-0.3, -0.25) is 4.70 Å². The normalized spacial score (nSPS) is 12.3. The maximum atomic E-state index is 13.5. The molecule has 162 valence electrons. The first-order valence-electron chi connectivity index (χ1n) is 8.32. The Morgan fingerprint density at radius 3 is 1.97 bits per heavy atom. The summed E-state index contributed by atoms with van der Waals surface area (Å²) >= 11 is 0. The molecule has 0 radical (unpaired) electrons. The predicted octanol–water partition coefficient (Wildman–Crippen LogP) is 5.48. The van der Waals surface area contributed by atoms with Crippen molar-refractivity contribution in [2.24, 2.45) is 0 Å². The summed E-state index contributed by atoms with van der Waals surface area (Å²) in [5.74, 6) is -3.68. The molecule has 0 aliphatic rings. The summed E-state index contributed by atoms with van der Waals surface area (Å²) < 4.78 is 47.9. The van der Waals surface area contributed by atoms with E-state index < -0.39 is 24.3 Å². The fourth-order valence-electron chi connectivity index (χ4n) is 2.08. The molecule has 0 bridgehead atoms. The zero-order valence-corrected chi connectivity index (χ0v) is 15.6. The van der Waals surface area contributed by atoms with Crippen LogP contribution in [0.3, 0.4) is 0 Å². The topological polar surface area (TPSA) is 76.7 Å². The Balaban J connectivity index is 0. The van der Waals surface area contributed by atoms with Crippen LogP contribution in [0.2, 0.25) is 0 Å². The molecular formula is C19H24F4N2O4. The molecule has 0 aromatic heterocycles. The number of alkyl halides is 3. The predicted molar refractivity (Wildman–Crippen MR) is 104 cm³/mol. The molecule has 2 N–H and O–H groups in total. The molecule has 2 aromatic carbocycles. The monoisotopic (exact) mass is 420 g/mol. The molecule has 2 aromatic rings. The van der Waals surface area contributed by atoms with Crippen molar-refractivity contribution in [3.05, 3.63) is 54.1 Å². The maximum absolute atomic E-state index is 13.5. The highest BCUT2D eigenvalue weighted by Crippen LogP contribution is 2.26. The van der Waals surface area contributed by atoms with Crippen LogP contribution < -0.4 is 15.4 Å². The van der Waals surface area contributed by atoms with Crippen molar-refractivity contribution in [3.63, 3.8) is 0 Å². The number of ether oxygens (including phenoxy) is 2. The second-order valence-corrected chi connectivity index (χ2v) is 5.79. The van der Waals surface area contributed by atoms with Gasteiger partial charge < -0.3 is 20.1 Å². The van der Waals surface area contributed by atoms with Crippen LogP contribution in [0, 0.1) is 0 Å². The minimum atomic E-state index is -3.30. The van der Waals surface area contributed by atoms with E-state index in [0.717, 1.165) is 0 Å². The Morgan fingerprint density at radius 2 is 1.52 bits per heavy atom. The van der Waals surface area contributed by atoms with Gasteiger partial charge in [-0.2, -0.15) is 4.39 Å². The van der Waals surface area contributed by atoms with Crippen LogP contribution in [-0.2, 0) is 4.74 Å². The fourth-order valence-corrected chi connectivity index (χ4v) is 2.08. The summed E-state index contributed by atoms with van der Waals surface area (Å²) in [6.07, 6.45) is -3.30. The van der Waals surface area contributed by atoms with Crippen LogP contribution in [-0.4, -0.2) is 30.9 Å². The van der Waals surface area contributed by atoms with E-state index in [2.05, 4.69) is 15.4 Å². The fraction of sp³-hybridized carbons (Fsp3) is 0.263. The highest BCUT2D eigenvalue weighted by atomic mass is 19.3. The van der Waals surface area contributed by atoms with Gasteiger partial charge in [0.15, 0.2) is 0 Å². The molecule has 1 unspecified atom stereocenters. The van der Waals surface area contributed by atoms with Crippen LogP contribution in [0.4, 0.5) is 34.0 Å². The van der Waals surface area contributed by atoms with Gasteiger partial charge in [-0.1, -0.05) is 0 Å². The summed E-state index contributed by atoms with van der Waals surface area (Å²) in [4.78, 5) is 23.6. The zero-order chi connectivity index (χ0) is 20.7. The molecule has 0 aliphatic heterocycles. The first-order chi connectivity index (χ1) is 13.2. The van der Waals surface area contributed by atoms with Gasteiger partial charge in [0.2, 0.25) is 0 Å². The molecule has 0 fully saturated rings. The van der Waals surface area contributed by atoms with Gasteiger partial charge in [0.1, 0.15) is 5.75 Å². The number of hydrogen-bond acceptors (Lipinski definition) is 4. The first kappa shape index (κ1) is 23.7. The molecule has 0 heterocycles. The van der Waals surface area contributed by atoms with Crippen molar-refractivity contribution < 1.29 is 39.8 Å². The van der Waals surface area contributed by atoms with E-state index in [1.54, 1.807) is 6.92 Å². The molecule has 1 atom stereocenters. The number of urea groups is 1. The van der Waals surface area contributed by atoms with E-state index in [9.17, 15) is 22.8 Å². The second-order valence-electron chi connectivity index (χ2n) is 5.79. The van der Waals surface area contributed by atoms with Crippen LogP contribution in [0.15, 0.2) is 48.5 Å². The van der Waals surface area contributed by atoms with Gasteiger partial charge in [-0.25, -0.2) is 18.4 Å². The standard InChI is InChI=1S/C19H19F3N2O4.FH.2H2/c1-3-27-16(25)12-4-6-13(7-5-12)23-18(26)24-14-8-10-15(11-9-14)28-19(2,22)17(20)21;;;/h4-11,17H,3H2,1-2H3,(H2,23,24,26);3*1H. The minimum absolute atomic E-state index is 0. The van der Waals surface area contributed by atoms with E-state index in [1.807, 2.05) is 0 Å². The van der Waals surface area contributed by atoms with E-state index in [0.29, 0.717) is 23.9 Å². The third kappa shape index (κ3) is 6.98. The van der Waals surface area contributed by atoms with Crippen molar-refractivity contribution in [1.82, 2.24) is 0 Å². The Bertz CT molecular complexity index is 823. The van der Waals surface area contributed by atoms with Gasteiger partial charge in [-0.05, 0) is 55.5 Å². The molecule has 0 aliphatic carbocycles. The van der Waals surface area contributed by atoms with E-state index in [4.69, 9.17) is 4.74 Å². The first-order valence-corrected chi connectivity index (χ1v) is 8.32. The molecular weight excluding hydrogens is 396 g/mol. The van der Waals surface area contributed by atoms with Gasteiger partial charge in [0.25, 0.3) is 0 Å². The average Bonchev–Trinajstić information content (AvgIpc) is 2.63. The van der Waals surface area contributed by atoms with Gasteiger partial charge in [-0.15, -0.1) is 0 Å². The number of amides is 2. The lowest BCUT2D eigenvalue weighted by Gasteiger charge is -2.21. The van der Waals surface area contributed by atoms with E-state index >= 15 is 0 Å². The molecule has 29 heavy (non-hydrogen) atoms. The summed E-state index contributed by atoms with van der Waals surface area (Å²) in [7, 11) is 0. The lowest BCUT2D eigenvalue weighted by molar-refractivity contribution is -0.152. The SMILES string of the molecule is CCOC(=O)c1ccc(NC(=O)Nc2ccc(OC(C)(F)C(F)F)cc2)cc1.F.[HH].[HH]. The zero-order valence-electron chi connectivity index (χ0n) is 15.6. The largest absolute Gasteiger partial charge is 0.462 e. The number of rotatable bonds is 7. The van der Waals surface area contributed by atoms with Crippen molar-refractivity contribution in [2.45, 2.75) is 26.1 Å². The summed E-state index contributed by atoms with van der Waals surface area (Å²) in [6, 6.07) is 10.8. The summed E-state index contributed by atoms with van der Waals surface area (Å²) in [5, 5.41) is 5.09. The molecule has 6 nitrogen and oxygen atoms in total.